The van der Waals surface area contributed by atoms with Crippen molar-refractivity contribution in [2.45, 2.75) is 26.2 Å². The molecular formula is C12H16I2Si. The van der Waals surface area contributed by atoms with Gasteiger partial charge >= 0.3 is 0 Å². The molecule has 1 rings (SSSR count). The molecule has 0 aliphatic heterocycles. The predicted molar refractivity (Wildman–Crippen MR) is 88.5 cm³/mol. The van der Waals surface area contributed by atoms with Crippen LogP contribution >= 0.6 is 43.6 Å². The minimum Gasteiger partial charge on any atom is -0.0929 e. The minimum absolute atomic E-state index is 1.23. The van der Waals surface area contributed by atoms with Crippen molar-refractivity contribution in [1.82, 2.24) is 0 Å². The topological polar surface area (TPSA) is 0 Å². The molecule has 1 aromatic carbocycles. The van der Waals surface area contributed by atoms with E-state index in [4.69, 9.17) is 0 Å². The monoisotopic (exact) mass is 442 g/mol. The first kappa shape index (κ1) is 13.7. The molecule has 15 heavy (non-hydrogen) atoms. The van der Waals surface area contributed by atoms with Crippen LogP contribution in [0.25, 0.3) is 0 Å². The van der Waals surface area contributed by atoms with Crippen LogP contribution < -0.4 is 5.19 Å². The van der Waals surface area contributed by atoms with Crippen molar-refractivity contribution < 1.29 is 0 Å². The summed E-state index contributed by atoms with van der Waals surface area (Å²) in [5.74, 6) is 0. The normalized spacial score (nSPS) is 12.2. The van der Waals surface area contributed by atoms with Gasteiger partial charge in [-0.3, -0.25) is 0 Å². The van der Waals surface area contributed by atoms with Crippen molar-refractivity contribution in [3.8, 4) is 0 Å². The van der Waals surface area contributed by atoms with E-state index < -0.39 is 3.07 Å². The summed E-state index contributed by atoms with van der Waals surface area (Å²) in [5, 5.41) is 1.50. The average Bonchev–Trinajstić information content (AvgIpc) is 2.26. The van der Waals surface area contributed by atoms with Gasteiger partial charge in [-0.15, -0.1) is 0 Å². The van der Waals surface area contributed by atoms with E-state index in [1.165, 1.54) is 24.4 Å². The number of unbranched alkanes of at least 4 members (excludes halogenated alkanes) is 2. The lowest BCUT2D eigenvalue weighted by Crippen LogP contribution is -2.32. The van der Waals surface area contributed by atoms with Crippen LogP contribution in [-0.4, -0.2) is 3.07 Å². The molecule has 0 amide bonds. The van der Waals surface area contributed by atoms with Crippen molar-refractivity contribution in [3.63, 3.8) is 0 Å². The van der Waals surface area contributed by atoms with Crippen LogP contribution in [0.1, 0.15) is 26.2 Å². The molecule has 0 radical (unpaired) electrons. The van der Waals surface area contributed by atoms with Gasteiger partial charge in [0.25, 0.3) is 0 Å². The van der Waals surface area contributed by atoms with E-state index in [9.17, 15) is 0 Å². The Bertz CT molecular complexity index is 307. The summed E-state index contributed by atoms with van der Waals surface area (Å²) in [6.07, 6.45) is 6.18. The summed E-state index contributed by atoms with van der Waals surface area (Å²) >= 11 is 5.26. The van der Waals surface area contributed by atoms with E-state index in [2.05, 4.69) is 92.6 Å². The SMILES string of the molecule is CCCCC=C[Si](I)(I)c1ccccc1. The average molecular weight is 442 g/mol. The van der Waals surface area contributed by atoms with Crippen molar-refractivity contribution in [2.75, 3.05) is 0 Å². The number of allylic oxidation sites excluding steroid dienone is 1. The maximum absolute atomic E-state index is 2.63. The molecule has 0 aromatic heterocycles. The van der Waals surface area contributed by atoms with Crippen molar-refractivity contribution in [1.29, 1.82) is 0 Å². The summed E-state index contributed by atoms with van der Waals surface area (Å²) in [4.78, 5) is 0. The Morgan fingerprint density at radius 3 is 2.47 bits per heavy atom. The Kier molecular flexibility index (Phi) is 6.45. The van der Waals surface area contributed by atoms with E-state index in [1.807, 2.05) is 0 Å². The smallest absolute Gasteiger partial charge is 0.0929 e. The molecule has 1 aromatic rings. The number of rotatable bonds is 5. The Morgan fingerprint density at radius 2 is 1.87 bits per heavy atom. The molecule has 0 spiro atoms. The first-order valence-corrected chi connectivity index (χ1v) is 13.6. The third-order valence-corrected chi connectivity index (χ3v) is 9.86. The lowest BCUT2D eigenvalue weighted by molar-refractivity contribution is 0.815. The summed E-state index contributed by atoms with van der Waals surface area (Å²) < 4.78 is -1.37. The van der Waals surface area contributed by atoms with Crippen LogP contribution in [0.3, 0.4) is 0 Å². The fourth-order valence-corrected chi connectivity index (χ4v) is 6.29. The first-order chi connectivity index (χ1) is 7.17. The summed E-state index contributed by atoms with van der Waals surface area (Å²) in [7, 11) is 0. The van der Waals surface area contributed by atoms with Crippen molar-refractivity contribution in [2.24, 2.45) is 0 Å². The highest BCUT2D eigenvalue weighted by atomic mass is 127. The molecular weight excluding hydrogens is 426 g/mol. The maximum Gasteiger partial charge on any atom is 0.243 e. The molecule has 82 valence electrons. The fraction of sp³-hybridized carbons (Fsp3) is 0.333. The third-order valence-electron chi connectivity index (χ3n) is 2.21. The van der Waals surface area contributed by atoms with Gasteiger partial charge in [0.2, 0.25) is 3.07 Å². The molecule has 0 unspecified atom stereocenters. The minimum atomic E-state index is -1.37. The van der Waals surface area contributed by atoms with Crippen LogP contribution in [0, 0.1) is 0 Å². The van der Waals surface area contributed by atoms with E-state index in [-0.39, 0.29) is 0 Å². The molecule has 0 heterocycles. The first-order valence-electron chi connectivity index (χ1n) is 5.28. The molecule has 3 heteroatoms. The zero-order valence-corrected chi connectivity index (χ0v) is 14.2. The van der Waals surface area contributed by atoms with Gasteiger partial charge in [-0.1, -0.05) is 105 Å². The van der Waals surface area contributed by atoms with E-state index in [1.54, 1.807) is 0 Å². The highest BCUT2D eigenvalue weighted by Crippen LogP contribution is 2.23. The number of hydrogen-bond acceptors (Lipinski definition) is 0. The van der Waals surface area contributed by atoms with Gasteiger partial charge in [-0.05, 0) is 11.6 Å². The second kappa shape index (κ2) is 7.06. The molecule has 0 bridgehead atoms. The highest BCUT2D eigenvalue weighted by Gasteiger charge is 2.24. The van der Waals surface area contributed by atoms with E-state index in [0.29, 0.717) is 0 Å². The molecule has 0 N–H and O–H groups in total. The largest absolute Gasteiger partial charge is 0.243 e. The zero-order valence-electron chi connectivity index (χ0n) is 8.92. The lowest BCUT2D eigenvalue weighted by atomic mass is 10.2. The third kappa shape index (κ3) is 4.99. The van der Waals surface area contributed by atoms with E-state index in [0.717, 1.165) is 0 Å². The van der Waals surface area contributed by atoms with Crippen LogP contribution in [0.4, 0.5) is 0 Å². The van der Waals surface area contributed by atoms with Crippen LogP contribution in [0.2, 0.25) is 0 Å². The van der Waals surface area contributed by atoms with Crippen molar-refractivity contribution in [3.05, 3.63) is 42.1 Å². The van der Waals surface area contributed by atoms with Crippen molar-refractivity contribution >= 4 is 51.8 Å². The van der Waals surface area contributed by atoms with Gasteiger partial charge in [0.05, 0.1) is 0 Å². The van der Waals surface area contributed by atoms with E-state index >= 15 is 0 Å². The number of halogens is 2. The number of benzene rings is 1. The molecule has 0 atom stereocenters. The molecule has 0 nitrogen and oxygen atoms in total. The van der Waals surface area contributed by atoms with Crippen LogP contribution in [-0.2, 0) is 0 Å². The van der Waals surface area contributed by atoms with Gasteiger partial charge in [0.1, 0.15) is 0 Å². The predicted octanol–water partition coefficient (Wildman–Crippen LogP) is 4.49. The standard InChI is InChI=1S/C12H16I2Si/c1-2-3-4-8-11-15(13,14)12-9-6-5-7-10-12/h5-11H,2-4H2,1H3. The number of hydrogen-bond donors (Lipinski definition) is 0. The van der Waals surface area contributed by atoms with Gasteiger partial charge in [0, 0.05) is 0 Å². The Hall–Kier alpha value is 0.637. The molecule has 0 aliphatic rings. The molecule has 0 saturated heterocycles. The Morgan fingerprint density at radius 1 is 1.20 bits per heavy atom. The quantitative estimate of drug-likeness (QED) is 0.273. The Balaban J connectivity index is 2.63. The molecule has 0 saturated carbocycles. The van der Waals surface area contributed by atoms with Gasteiger partial charge in [-0.25, -0.2) is 0 Å². The fourth-order valence-electron chi connectivity index (χ4n) is 1.31. The lowest BCUT2D eigenvalue weighted by Gasteiger charge is -2.13. The summed E-state index contributed by atoms with van der Waals surface area (Å²) in [6, 6.07) is 10.8. The molecule has 0 aliphatic carbocycles. The second-order valence-electron chi connectivity index (χ2n) is 3.53. The molecule has 0 fully saturated rings. The van der Waals surface area contributed by atoms with Gasteiger partial charge < -0.3 is 0 Å². The maximum atomic E-state index is 2.63. The van der Waals surface area contributed by atoms with Crippen LogP contribution in [0.15, 0.2) is 42.1 Å². The van der Waals surface area contributed by atoms with Gasteiger partial charge in [-0.2, -0.15) is 0 Å². The Labute approximate surface area is 119 Å². The summed E-state index contributed by atoms with van der Waals surface area (Å²) in [5.41, 5.74) is 2.44. The highest BCUT2D eigenvalue weighted by molar-refractivity contribution is 14.3. The van der Waals surface area contributed by atoms with Crippen LogP contribution in [0.5, 0.6) is 0 Å². The van der Waals surface area contributed by atoms with Gasteiger partial charge in [0.15, 0.2) is 0 Å². The second-order valence-corrected chi connectivity index (χ2v) is 22.1. The zero-order chi connectivity index (χ0) is 11.1. The summed E-state index contributed by atoms with van der Waals surface area (Å²) in [6.45, 7) is 2.24.